The van der Waals surface area contributed by atoms with E-state index in [0.29, 0.717) is 17.5 Å². The standard InChI is InChI=1S/C23H21F2NO3/c1-2-29-22(28)26-13-19-20(14-26)23(10-9-21(19)27,15-5-3-7-17(24)11-15)16-6-4-8-18(25)12-16/h2-8,11-12,19-20H,1,9-10,13-14H2. The first kappa shape index (κ1) is 19.3. The molecule has 2 aliphatic rings. The molecule has 1 saturated heterocycles. The molecule has 2 aromatic rings. The summed E-state index contributed by atoms with van der Waals surface area (Å²) < 4.78 is 33.3. The maximum atomic E-state index is 14.2. The molecule has 2 unspecified atom stereocenters. The molecule has 1 aliphatic heterocycles. The summed E-state index contributed by atoms with van der Waals surface area (Å²) >= 11 is 0. The van der Waals surface area contributed by atoms with Crippen molar-refractivity contribution >= 4 is 11.9 Å². The normalized spacial score (nSPS) is 22.8. The Morgan fingerprint density at radius 1 is 1.10 bits per heavy atom. The van der Waals surface area contributed by atoms with Crippen molar-refractivity contribution in [2.45, 2.75) is 18.3 Å². The number of ketones is 1. The molecule has 1 aliphatic carbocycles. The van der Waals surface area contributed by atoms with E-state index in [2.05, 4.69) is 6.58 Å². The van der Waals surface area contributed by atoms with Crippen LogP contribution in [0.3, 0.4) is 0 Å². The quantitative estimate of drug-likeness (QED) is 0.720. The molecule has 6 heteroatoms. The molecule has 150 valence electrons. The van der Waals surface area contributed by atoms with Gasteiger partial charge in [-0.15, -0.1) is 0 Å². The van der Waals surface area contributed by atoms with Gasteiger partial charge in [0, 0.05) is 36.8 Å². The van der Waals surface area contributed by atoms with Gasteiger partial charge in [0.25, 0.3) is 0 Å². The summed E-state index contributed by atoms with van der Waals surface area (Å²) in [6.45, 7) is 3.89. The Morgan fingerprint density at radius 2 is 1.72 bits per heavy atom. The van der Waals surface area contributed by atoms with Gasteiger partial charge in [0.2, 0.25) is 0 Å². The summed E-state index contributed by atoms with van der Waals surface area (Å²) in [7, 11) is 0. The predicted octanol–water partition coefficient (Wildman–Crippen LogP) is 4.44. The maximum absolute atomic E-state index is 14.2. The third-order valence-electron chi connectivity index (χ3n) is 6.25. The first-order valence-electron chi connectivity index (χ1n) is 9.57. The Balaban J connectivity index is 1.87. The molecule has 29 heavy (non-hydrogen) atoms. The summed E-state index contributed by atoms with van der Waals surface area (Å²) in [6, 6.07) is 12.5. The molecule has 1 amide bonds. The molecule has 0 aromatic heterocycles. The highest BCUT2D eigenvalue weighted by Crippen LogP contribution is 2.52. The van der Waals surface area contributed by atoms with Gasteiger partial charge >= 0.3 is 6.09 Å². The summed E-state index contributed by atoms with van der Waals surface area (Å²) in [5, 5.41) is 0. The number of amides is 1. The van der Waals surface area contributed by atoms with Crippen molar-refractivity contribution < 1.29 is 23.1 Å². The lowest BCUT2D eigenvalue weighted by atomic mass is 9.56. The highest BCUT2D eigenvalue weighted by atomic mass is 19.1. The minimum Gasteiger partial charge on any atom is -0.419 e. The fourth-order valence-electron chi connectivity index (χ4n) is 5.03. The zero-order chi connectivity index (χ0) is 20.6. The number of nitrogens with zero attached hydrogens (tertiary/aromatic N) is 1. The first-order valence-corrected chi connectivity index (χ1v) is 9.57. The minimum absolute atomic E-state index is 0.0623. The lowest BCUT2D eigenvalue weighted by Gasteiger charge is -2.45. The second kappa shape index (κ2) is 7.43. The lowest BCUT2D eigenvalue weighted by molar-refractivity contribution is -0.126. The van der Waals surface area contributed by atoms with Crippen LogP contribution in [0.4, 0.5) is 13.6 Å². The lowest BCUT2D eigenvalue weighted by Crippen LogP contribution is -2.47. The van der Waals surface area contributed by atoms with E-state index in [-0.39, 0.29) is 31.2 Å². The zero-order valence-corrected chi connectivity index (χ0v) is 15.8. The molecule has 2 atom stereocenters. The molecular weight excluding hydrogens is 376 g/mol. The van der Waals surface area contributed by atoms with E-state index in [1.807, 2.05) is 12.1 Å². The number of hydrogen-bond acceptors (Lipinski definition) is 3. The minimum atomic E-state index is -0.786. The van der Waals surface area contributed by atoms with E-state index in [0.717, 1.165) is 6.26 Å². The SMILES string of the molecule is C=COC(=O)N1CC2C(=O)CCC(c3cccc(F)c3)(c3cccc(F)c3)C2C1. The van der Waals surface area contributed by atoms with Crippen LogP contribution in [0.15, 0.2) is 61.4 Å². The summed E-state index contributed by atoms with van der Waals surface area (Å²) in [6.07, 6.45) is 1.18. The Hall–Kier alpha value is -3.02. The second-order valence-electron chi connectivity index (χ2n) is 7.63. The van der Waals surface area contributed by atoms with Crippen LogP contribution in [-0.4, -0.2) is 29.9 Å². The number of carbonyl (C=O) groups is 2. The van der Waals surface area contributed by atoms with Crippen molar-refractivity contribution in [1.29, 1.82) is 0 Å². The van der Waals surface area contributed by atoms with Crippen molar-refractivity contribution in [2.24, 2.45) is 11.8 Å². The van der Waals surface area contributed by atoms with E-state index in [9.17, 15) is 18.4 Å². The molecule has 4 nitrogen and oxygen atoms in total. The van der Waals surface area contributed by atoms with Crippen LogP contribution >= 0.6 is 0 Å². The van der Waals surface area contributed by atoms with Gasteiger partial charge in [0.05, 0.1) is 6.26 Å². The van der Waals surface area contributed by atoms with Gasteiger partial charge in [0.15, 0.2) is 0 Å². The summed E-state index contributed by atoms with van der Waals surface area (Å²) in [5.74, 6) is -1.47. The topological polar surface area (TPSA) is 46.6 Å². The number of fused-ring (bicyclic) bond motifs is 1. The van der Waals surface area contributed by atoms with E-state index >= 15 is 0 Å². The van der Waals surface area contributed by atoms with Crippen LogP contribution in [0.1, 0.15) is 24.0 Å². The predicted molar refractivity (Wildman–Crippen MR) is 103 cm³/mol. The highest BCUT2D eigenvalue weighted by Gasteiger charge is 2.55. The smallest absolute Gasteiger partial charge is 0.414 e. The van der Waals surface area contributed by atoms with Gasteiger partial charge < -0.3 is 9.64 Å². The molecule has 2 fully saturated rings. The Bertz CT molecular complexity index is 929. The van der Waals surface area contributed by atoms with Crippen molar-refractivity contribution in [2.75, 3.05) is 13.1 Å². The summed E-state index contributed by atoms with van der Waals surface area (Å²) in [5.41, 5.74) is 0.584. The maximum Gasteiger partial charge on any atom is 0.414 e. The molecule has 0 radical (unpaired) electrons. The largest absolute Gasteiger partial charge is 0.419 e. The van der Waals surface area contributed by atoms with Crippen LogP contribution in [0, 0.1) is 23.5 Å². The zero-order valence-electron chi connectivity index (χ0n) is 15.8. The van der Waals surface area contributed by atoms with Gasteiger partial charge in [-0.1, -0.05) is 30.8 Å². The van der Waals surface area contributed by atoms with Crippen molar-refractivity contribution in [3.05, 3.63) is 84.1 Å². The number of Topliss-reactive ketones (excluding diaryl/α,β-unsaturated/α-hetero) is 1. The fraction of sp³-hybridized carbons (Fsp3) is 0.304. The monoisotopic (exact) mass is 397 g/mol. The first-order chi connectivity index (χ1) is 14.0. The molecular formula is C23H21F2NO3. The molecule has 1 saturated carbocycles. The Morgan fingerprint density at radius 3 is 2.28 bits per heavy atom. The van der Waals surface area contributed by atoms with Gasteiger partial charge in [-0.2, -0.15) is 0 Å². The third-order valence-corrected chi connectivity index (χ3v) is 6.25. The van der Waals surface area contributed by atoms with E-state index in [1.165, 1.54) is 29.2 Å². The number of benzene rings is 2. The van der Waals surface area contributed by atoms with Crippen LogP contribution in [0.5, 0.6) is 0 Å². The van der Waals surface area contributed by atoms with E-state index in [4.69, 9.17) is 4.74 Å². The number of hydrogen-bond donors (Lipinski definition) is 0. The number of rotatable bonds is 3. The highest BCUT2D eigenvalue weighted by molar-refractivity contribution is 5.85. The average Bonchev–Trinajstić information content (AvgIpc) is 3.16. The second-order valence-corrected chi connectivity index (χ2v) is 7.63. The van der Waals surface area contributed by atoms with Crippen LogP contribution in [0.25, 0.3) is 0 Å². The number of ether oxygens (including phenoxy) is 1. The number of carbonyl (C=O) groups excluding carboxylic acids is 2. The molecule has 1 heterocycles. The van der Waals surface area contributed by atoms with Gasteiger partial charge in [-0.05, 0) is 41.8 Å². The molecule has 0 spiro atoms. The van der Waals surface area contributed by atoms with Crippen molar-refractivity contribution in [3.8, 4) is 0 Å². The van der Waals surface area contributed by atoms with Crippen LogP contribution in [-0.2, 0) is 14.9 Å². The van der Waals surface area contributed by atoms with E-state index < -0.39 is 29.1 Å². The van der Waals surface area contributed by atoms with Gasteiger partial charge in [0.1, 0.15) is 17.4 Å². The molecule has 2 aromatic carbocycles. The molecule has 0 bridgehead atoms. The molecule has 4 rings (SSSR count). The Labute approximate surface area is 167 Å². The van der Waals surface area contributed by atoms with Gasteiger partial charge in [-0.25, -0.2) is 13.6 Å². The fourth-order valence-corrected chi connectivity index (χ4v) is 5.03. The van der Waals surface area contributed by atoms with Crippen molar-refractivity contribution in [1.82, 2.24) is 4.90 Å². The summed E-state index contributed by atoms with van der Waals surface area (Å²) in [4.78, 5) is 26.5. The van der Waals surface area contributed by atoms with Crippen LogP contribution in [0.2, 0.25) is 0 Å². The number of halogens is 2. The third kappa shape index (κ3) is 3.22. The molecule has 0 N–H and O–H groups in total. The average molecular weight is 397 g/mol. The van der Waals surface area contributed by atoms with Crippen LogP contribution < -0.4 is 0 Å². The van der Waals surface area contributed by atoms with E-state index in [1.54, 1.807) is 12.1 Å². The Kier molecular flexibility index (Phi) is 4.94. The van der Waals surface area contributed by atoms with Gasteiger partial charge in [-0.3, -0.25) is 4.79 Å². The van der Waals surface area contributed by atoms with Crippen molar-refractivity contribution in [3.63, 3.8) is 0 Å². The number of likely N-dealkylation sites (tertiary alicyclic amines) is 1.